The molecule has 0 atom stereocenters. The maximum atomic E-state index is 13.1. The van der Waals surface area contributed by atoms with Gasteiger partial charge < -0.3 is 14.9 Å². The highest BCUT2D eigenvalue weighted by molar-refractivity contribution is 5.29. The molecule has 0 spiro atoms. The average Bonchev–Trinajstić information content (AvgIpc) is 2.17. The Kier molecular flexibility index (Phi) is 3.62. The van der Waals surface area contributed by atoms with E-state index in [2.05, 4.69) is 11.3 Å². The number of aliphatic hydroxyl groups is 2. The Labute approximate surface area is 91.6 Å². The van der Waals surface area contributed by atoms with E-state index in [0.717, 1.165) is 13.0 Å². The van der Waals surface area contributed by atoms with Crippen molar-refractivity contribution in [3.8, 4) is 5.75 Å². The molecular weight excluding hydrogens is 218 g/mol. The lowest BCUT2D eigenvalue weighted by molar-refractivity contribution is -0.141. The van der Waals surface area contributed by atoms with Crippen molar-refractivity contribution >= 4 is 0 Å². The van der Waals surface area contributed by atoms with Crippen molar-refractivity contribution < 1.29 is 23.7 Å². The quantitative estimate of drug-likeness (QED) is 0.616. The lowest BCUT2D eigenvalue weighted by Crippen LogP contribution is -2.25. The smallest absolute Gasteiger partial charge is 0.422 e. The summed E-state index contributed by atoms with van der Waals surface area (Å²) in [6.07, 6.45) is -5.19. The number of ether oxygens (including phenoxy) is 1. The molecule has 0 unspecified atom stereocenters. The zero-order valence-electron chi connectivity index (χ0n) is 8.65. The average molecular weight is 230 g/mol. The lowest BCUT2D eigenvalue weighted by atomic mass is 10.2. The van der Waals surface area contributed by atoms with Gasteiger partial charge in [-0.2, -0.15) is 8.78 Å². The van der Waals surface area contributed by atoms with Crippen LogP contribution in [0.4, 0.5) is 8.78 Å². The van der Waals surface area contributed by atoms with E-state index in [-0.39, 0.29) is 11.3 Å². The number of hydrogen-bond donors (Lipinski definition) is 2. The van der Waals surface area contributed by atoms with Crippen LogP contribution in [0.25, 0.3) is 0 Å². The first-order valence-electron chi connectivity index (χ1n) is 4.52. The molecule has 0 radical (unpaired) electrons. The molecular formula is C11H12F2O3. The van der Waals surface area contributed by atoms with Crippen molar-refractivity contribution in [1.82, 2.24) is 0 Å². The number of halogens is 2. The first kappa shape index (κ1) is 12.6. The zero-order valence-corrected chi connectivity index (χ0v) is 8.65. The molecule has 1 aromatic carbocycles. The predicted octanol–water partition coefficient (Wildman–Crippen LogP) is 2.22. The summed E-state index contributed by atoms with van der Waals surface area (Å²) >= 11 is 0. The van der Waals surface area contributed by atoms with Gasteiger partial charge in [-0.05, 0) is 19.1 Å². The first-order valence-corrected chi connectivity index (χ1v) is 4.52. The Bertz CT molecular complexity index is 389. The van der Waals surface area contributed by atoms with Crippen LogP contribution in [0, 0.1) is 0 Å². The molecule has 0 saturated heterocycles. The minimum atomic E-state index is -3.47. The normalized spacial score (nSPS) is 11.6. The topological polar surface area (TPSA) is 49.7 Å². The van der Waals surface area contributed by atoms with Crippen LogP contribution in [-0.2, 0) is 0 Å². The SMILES string of the molecule is C=C(C)C(F)(F)Oc1cccc(C(O)O)c1. The van der Waals surface area contributed by atoms with Gasteiger partial charge in [-0.3, -0.25) is 0 Å². The molecule has 16 heavy (non-hydrogen) atoms. The maximum absolute atomic E-state index is 13.1. The Morgan fingerprint density at radius 2 is 2.06 bits per heavy atom. The van der Waals surface area contributed by atoms with Gasteiger partial charge in [-0.1, -0.05) is 18.7 Å². The molecule has 0 aliphatic heterocycles. The van der Waals surface area contributed by atoms with Gasteiger partial charge in [0.1, 0.15) is 5.75 Å². The summed E-state index contributed by atoms with van der Waals surface area (Å²) in [7, 11) is 0. The van der Waals surface area contributed by atoms with Crippen LogP contribution >= 0.6 is 0 Å². The molecule has 0 fully saturated rings. The molecule has 0 saturated carbocycles. The van der Waals surface area contributed by atoms with Gasteiger partial charge in [0.25, 0.3) is 0 Å². The Hall–Kier alpha value is -1.46. The number of rotatable bonds is 4. The van der Waals surface area contributed by atoms with Gasteiger partial charge in [0.15, 0.2) is 6.29 Å². The van der Waals surface area contributed by atoms with E-state index in [1.807, 2.05) is 0 Å². The molecule has 1 rings (SSSR count). The largest absolute Gasteiger partial charge is 0.429 e. The first-order chi connectivity index (χ1) is 7.33. The van der Waals surface area contributed by atoms with Crippen molar-refractivity contribution in [3.05, 3.63) is 42.0 Å². The van der Waals surface area contributed by atoms with E-state index in [1.165, 1.54) is 18.2 Å². The summed E-state index contributed by atoms with van der Waals surface area (Å²) in [5, 5.41) is 17.7. The fourth-order valence-corrected chi connectivity index (χ4v) is 0.974. The molecule has 88 valence electrons. The molecule has 1 aromatic rings. The summed E-state index contributed by atoms with van der Waals surface area (Å²) < 4.78 is 30.6. The highest BCUT2D eigenvalue weighted by Crippen LogP contribution is 2.28. The third-order valence-electron chi connectivity index (χ3n) is 1.90. The minimum Gasteiger partial charge on any atom is -0.429 e. The second-order valence-corrected chi connectivity index (χ2v) is 3.35. The van der Waals surface area contributed by atoms with Crippen molar-refractivity contribution in [2.45, 2.75) is 19.3 Å². The van der Waals surface area contributed by atoms with Crippen LogP contribution in [0.15, 0.2) is 36.4 Å². The predicted molar refractivity (Wildman–Crippen MR) is 54.0 cm³/mol. The van der Waals surface area contributed by atoms with E-state index >= 15 is 0 Å². The second kappa shape index (κ2) is 4.59. The van der Waals surface area contributed by atoms with Crippen LogP contribution in [-0.4, -0.2) is 16.3 Å². The molecule has 0 bridgehead atoms. The van der Waals surface area contributed by atoms with Crippen LogP contribution in [0.5, 0.6) is 5.75 Å². The number of benzene rings is 1. The number of alkyl halides is 2. The van der Waals surface area contributed by atoms with Crippen LogP contribution in [0.2, 0.25) is 0 Å². The Morgan fingerprint density at radius 3 is 2.56 bits per heavy atom. The summed E-state index contributed by atoms with van der Waals surface area (Å²) in [6.45, 7) is 4.25. The molecule has 0 aliphatic rings. The molecule has 0 heterocycles. The van der Waals surface area contributed by atoms with Gasteiger partial charge in [0.05, 0.1) is 0 Å². The summed E-state index contributed by atoms with van der Waals surface area (Å²) in [6, 6.07) is 5.19. The fraction of sp³-hybridized carbons (Fsp3) is 0.273. The van der Waals surface area contributed by atoms with Crippen molar-refractivity contribution in [2.24, 2.45) is 0 Å². The van der Waals surface area contributed by atoms with Crippen LogP contribution in [0.3, 0.4) is 0 Å². The fourth-order valence-electron chi connectivity index (χ4n) is 0.974. The van der Waals surface area contributed by atoms with E-state index in [9.17, 15) is 8.78 Å². The van der Waals surface area contributed by atoms with Crippen molar-refractivity contribution in [3.63, 3.8) is 0 Å². The Balaban J connectivity index is 2.90. The monoisotopic (exact) mass is 230 g/mol. The third-order valence-corrected chi connectivity index (χ3v) is 1.90. The van der Waals surface area contributed by atoms with Gasteiger partial charge in [-0.25, -0.2) is 0 Å². The van der Waals surface area contributed by atoms with Gasteiger partial charge in [0, 0.05) is 11.1 Å². The molecule has 3 nitrogen and oxygen atoms in total. The number of hydrogen-bond acceptors (Lipinski definition) is 3. The Morgan fingerprint density at radius 1 is 1.44 bits per heavy atom. The van der Waals surface area contributed by atoms with E-state index in [0.29, 0.717) is 0 Å². The lowest BCUT2D eigenvalue weighted by Gasteiger charge is -2.18. The molecule has 2 N–H and O–H groups in total. The van der Waals surface area contributed by atoms with E-state index in [1.54, 1.807) is 0 Å². The molecule has 0 amide bonds. The molecule has 0 aliphatic carbocycles. The van der Waals surface area contributed by atoms with Crippen molar-refractivity contribution in [1.29, 1.82) is 0 Å². The standard InChI is InChI=1S/C11H12F2O3/c1-7(2)11(12,13)16-9-5-3-4-8(6-9)10(14)15/h3-6,10,14-15H,1H2,2H3. The number of aliphatic hydroxyl groups excluding tert-OH is 1. The molecule has 5 heteroatoms. The van der Waals surface area contributed by atoms with Gasteiger partial charge in [0.2, 0.25) is 0 Å². The molecule has 0 aromatic heterocycles. The highest BCUT2D eigenvalue weighted by Gasteiger charge is 2.32. The maximum Gasteiger partial charge on any atom is 0.422 e. The van der Waals surface area contributed by atoms with Gasteiger partial charge in [-0.15, -0.1) is 0 Å². The van der Waals surface area contributed by atoms with Gasteiger partial charge >= 0.3 is 6.11 Å². The zero-order chi connectivity index (χ0) is 12.3. The summed E-state index contributed by atoms with van der Waals surface area (Å²) in [5.74, 6) is -0.154. The van der Waals surface area contributed by atoms with E-state index < -0.39 is 18.0 Å². The van der Waals surface area contributed by atoms with Crippen molar-refractivity contribution in [2.75, 3.05) is 0 Å². The second-order valence-electron chi connectivity index (χ2n) is 3.35. The van der Waals surface area contributed by atoms with Crippen LogP contribution in [0.1, 0.15) is 18.8 Å². The highest BCUT2D eigenvalue weighted by atomic mass is 19.3. The summed E-state index contributed by atoms with van der Waals surface area (Å²) in [4.78, 5) is 0. The van der Waals surface area contributed by atoms with Crippen LogP contribution < -0.4 is 4.74 Å². The third kappa shape index (κ3) is 3.01. The summed E-state index contributed by atoms with van der Waals surface area (Å²) in [5.41, 5.74) is -0.350. The van der Waals surface area contributed by atoms with E-state index in [4.69, 9.17) is 10.2 Å². The minimum absolute atomic E-state index is 0.0787.